The zero-order chi connectivity index (χ0) is 10.1. The Hall–Kier alpha value is -1.14. The van der Waals surface area contributed by atoms with E-state index in [1.807, 2.05) is 0 Å². The fraction of sp³-hybridized carbons (Fsp3) is 0. The van der Waals surface area contributed by atoms with Gasteiger partial charge in [-0.15, -0.1) is 0 Å². The van der Waals surface area contributed by atoms with Crippen molar-refractivity contribution >= 4 is 33.3 Å². The van der Waals surface area contributed by atoms with Crippen molar-refractivity contribution in [1.29, 1.82) is 0 Å². The number of hydrogen-bond donors (Lipinski definition) is 1. The number of hydrogen-bond acceptors (Lipinski definition) is 5. The molecule has 0 aliphatic rings. The van der Waals surface area contributed by atoms with Gasteiger partial charge in [0, 0.05) is 0 Å². The third-order valence-electron chi connectivity index (χ3n) is 1.46. The Morgan fingerprint density at radius 1 is 1.43 bits per heavy atom. The predicted octanol–water partition coefficient (Wildman–Crippen LogP) is 2.13. The summed E-state index contributed by atoms with van der Waals surface area (Å²) in [5.41, 5.74) is 5.58. The molecule has 14 heavy (non-hydrogen) atoms. The number of aromatic nitrogens is 3. The Morgan fingerprint density at radius 3 is 2.79 bits per heavy atom. The highest BCUT2D eigenvalue weighted by Crippen LogP contribution is 2.27. The molecule has 0 spiro atoms. The molecule has 0 saturated heterocycles. The summed E-state index contributed by atoms with van der Waals surface area (Å²) in [6.07, 6.45) is 2.91. The van der Waals surface area contributed by atoms with Crippen LogP contribution in [-0.2, 0) is 0 Å². The highest BCUT2D eigenvalue weighted by molar-refractivity contribution is 9.10. The van der Waals surface area contributed by atoms with Gasteiger partial charge in [-0.3, -0.25) is 0 Å². The molecule has 0 aromatic carbocycles. The van der Waals surface area contributed by atoms with Gasteiger partial charge in [-0.1, -0.05) is 11.6 Å². The van der Waals surface area contributed by atoms with Crippen LogP contribution in [0, 0.1) is 0 Å². The summed E-state index contributed by atoms with van der Waals surface area (Å²) in [5, 5.41) is 0.228. The zero-order valence-corrected chi connectivity index (χ0v) is 9.08. The lowest BCUT2D eigenvalue weighted by Gasteiger charge is -2.00. The number of anilines is 1. The first kappa shape index (κ1) is 9.42. The predicted molar refractivity (Wildman–Crippen MR) is 54.7 cm³/mol. The van der Waals surface area contributed by atoms with Gasteiger partial charge in [0.25, 0.3) is 5.89 Å². The minimum absolute atomic E-state index is 0.228. The maximum absolute atomic E-state index is 5.79. The van der Waals surface area contributed by atoms with Crippen molar-refractivity contribution in [3.63, 3.8) is 0 Å². The smallest absolute Gasteiger partial charge is 0.264 e. The van der Waals surface area contributed by atoms with Gasteiger partial charge in [-0.25, -0.2) is 15.0 Å². The average Bonchev–Trinajstić information content (AvgIpc) is 2.66. The summed E-state index contributed by atoms with van der Waals surface area (Å²) >= 11 is 8.93. The fourth-order valence-corrected chi connectivity index (χ4v) is 1.22. The second kappa shape index (κ2) is 3.55. The Balaban J connectivity index is 2.57. The molecule has 0 atom stereocenters. The molecule has 0 aliphatic carbocycles. The highest BCUT2D eigenvalue weighted by atomic mass is 79.9. The SMILES string of the molecule is Nc1nc(-c2ncco2)nc(Cl)c1Br. The van der Waals surface area contributed by atoms with Crippen LogP contribution in [0.15, 0.2) is 21.3 Å². The van der Waals surface area contributed by atoms with Gasteiger partial charge in [-0.05, 0) is 15.9 Å². The molecule has 0 bridgehead atoms. The Kier molecular flexibility index (Phi) is 2.39. The average molecular weight is 275 g/mol. The van der Waals surface area contributed by atoms with E-state index in [0.29, 0.717) is 4.47 Å². The molecule has 0 amide bonds. The number of halogens is 2. The number of rotatable bonds is 1. The van der Waals surface area contributed by atoms with Crippen molar-refractivity contribution in [1.82, 2.24) is 15.0 Å². The molecule has 0 saturated carbocycles. The van der Waals surface area contributed by atoms with Crippen molar-refractivity contribution in [3.05, 3.63) is 22.1 Å². The third-order valence-corrected chi connectivity index (χ3v) is 2.74. The largest absolute Gasteiger partial charge is 0.442 e. The third kappa shape index (κ3) is 1.58. The van der Waals surface area contributed by atoms with Crippen LogP contribution in [0.1, 0.15) is 0 Å². The summed E-state index contributed by atoms with van der Waals surface area (Å²) in [5.74, 6) is 0.796. The summed E-state index contributed by atoms with van der Waals surface area (Å²) in [6, 6.07) is 0. The molecule has 2 N–H and O–H groups in total. The van der Waals surface area contributed by atoms with Gasteiger partial charge in [-0.2, -0.15) is 0 Å². The van der Waals surface area contributed by atoms with E-state index in [0.717, 1.165) is 0 Å². The van der Waals surface area contributed by atoms with Gasteiger partial charge < -0.3 is 10.2 Å². The second-order valence-corrected chi connectivity index (χ2v) is 3.53. The number of nitrogens with two attached hydrogens (primary N) is 1. The standard InChI is InChI=1S/C7H4BrClN4O/c8-3-4(9)12-6(13-5(3)10)7-11-1-2-14-7/h1-2H,(H2,10,12,13). The molecule has 5 nitrogen and oxygen atoms in total. The van der Waals surface area contributed by atoms with E-state index < -0.39 is 0 Å². The van der Waals surface area contributed by atoms with Crippen molar-refractivity contribution in [3.8, 4) is 11.7 Å². The first-order valence-electron chi connectivity index (χ1n) is 3.57. The lowest BCUT2D eigenvalue weighted by Crippen LogP contribution is -1.98. The molecule has 2 aromatic heterocycles. The van der Waals surface area contributed by atoms with E-state index in [-0.39, 0.29) is 22.7 Å². The van der Waals surface area contributed by atoms with Gasteiger partial charge >= 0.3 is 0 Å². The molecule has 0 fully saturated rings. The van der Waals surface area contributed by atoms with E-state index in [4.69, 9.17) is 21.8 Å². The molecule has 2 aromatic rings. The Bertz CT molecular complexity index is 436. The monoisotopic (exact) mass is 274 g/mol. The molecular formula is C7H4BrClN4O. The van der Waals surface area contributed by atoms with Crippen molar-refractivity contribution in [2.75, 3.05) is 5.73 Å². The Morgan fingerprint density at radius 2 is 2.21 bits per heavy atom. The topological polar surface area (TPSA) is 77.8 Å². The molecule has 0 aliphatic heterocycles. The van der Waals surface area contributed by atoms with Gasteiger partial charge in [0.05, 0.1) is 10.7 Å². The lowest BCUT2D eigenvalue weighted by molar-refractivity contribution is 0.569. The molecule has 2 heterocycles. The van der Waals surface area contributed by atoms with E-state index in [9.17, 15) is 0 Å². The van der Waals surface area contributed by atoms with Crippen molar-refractivity contribution < 1.29 is 4.42 Å². The van der Waals surface area contributed by atoms with E-state index in [1.54, 1.807) is 0 Å². The van der Waals surface area contributed by atoms with Crippen LogP contribution in [0.2, 0.25) is 5.15 Å². The second-order valence-electron chi connectivity index (χ2n) is 2.37. The quantitative estimate of drug-likeness (QED) is 0.807. The van der Waals surface area contributed by atoms with Crippen LogP contribution in [0.3, 0.4) is 0 Å². The van der Waals surface area contributed by atoms with Crippen LogP contribution < -0.4 is 5.73 Å². The van der Waals surface area contributed by atoms with Crippen LogP contribution in [0.4, 0.5) is 5.82 Å². The van der Waals surface area contributed by atoms with Crippen LogP contribution in [0.25, 0.3) is 11.7 Å². The first-order chi connectivity index (χ1) is 6.68. The van der Waals surface area contributed by atoms with Crippen molar-refractivity contribution in [2.24, 2.45) is 0 Å². The number of oxazole rings is 1. The molecule has 7 heteroatoms. The zero-order valence-electron chi connectivity index (χ0n) is 6.74. The van der Waals surface area contributed by atoms with Crippen LogP contribution >= 0.6 is 27.5 Å². The summed E-state index contributed by atoms with van der Waals surface area (Å²) in [4.78, 5) is 11.8. The molecular weight excluding hydrogens is 271 g/mol. The van der Waals surface area contributed by atoms with Gasteiger partial charge in [0.1, 0.15) is 17.2 Å². The van der Waals surface area contributed by atoms with Gasteiger partial charge in [0.15, 0.2) is 0 Å². The minimum atomic E-state index is 0.228. The van der Waals surface area contributed by atoms with Crippen LogP contribution in [-0.4, -0.2) is 15.0 Å². The van der Waals surface area contributed by atoms with Gasteiger partial charge in [0.2, 0.25) is 5.82 Å². The minimum Gasteiger partial charge on any atom is -0.442 e. The lowest BCUT2D eigenvalue weighted by atomic mass is 10.5. The van der Waals surface area contributed by atoms with Crippen LogP contribution in [0.5, 0.6) is 0 Å². The summed E-state index contributed by atoms with van der Waals surface area (Å²) in [7, 11) is 0. The van der Waals surface area contributed by atoms with Crippen molar-refractivity contribution in [2.45, 2.75) is 0 Å². The van der Waals surface area contributed by atoms with E-state index >= 15 is 0 Å². The molecule has 0 unspecified atom stereocenters. The molecule has 72 valence electrons. The fourth-order valence-electron chi connectivity index (χ4n) is 0.865. The normalized spacial score (nSPS) is 10.4. The number of nitrogen functional groups attached to an aromatic ring is 1. The number of nitrogens with zero attached hydrogens (tertiary/aromatic N) is 3. The highest BCUT2D eigenvalue weighted by Gasteiger charge is 2.12. The molecule has 2 rings (SSSR count). The molecule has 0 radical (unpaired) electrons. The first-order valence-corrected chi connectivity index (χ1v) is 4.74. The van der Waals surface area contributed by atoms with E-state index in [1.165, 1.54) is 12.5 Å². The Labute approximate surface area is 92.5 Å². The summed E-state index contributed by atoms with van der Waals surface area (Å²) < 4.78 is 5.47. The maximum Gasteiger partial charge on any atom is 0.264 e. The maximum atomic E-state index is 5.79. The van der Waals surface area contributed by atoms with E-state index in [2.05, 4.69) is 30.9 Å². The summed E-state index contributed by atoms with van der Waals surface area (Å²) in [6.45, 7) is 0.